The summed E-state index contributed by atoms with van der Waals surface area (Å²) in [7, 11) is 0. The normalized spacial score (nSPS) is 24.0. The molecule has 1 saturated carbocycles. The van der Waals surface area contributed by atoms with E-state index in [-0.39, 0.29) is 42.5 Å². The van der Waals surface area contributed by atoms with Gasteiger partial charge in [0, 0.05) is 25.1 Å². The summed E-state index contributed by atoms with van der Waals surface area (Å²) in [4.78, 5) is 38.5. The summed E-state index contributed by atoms with van der Waals surface area (Å²) < 4.78 is 10.9. The van der Waals surface area contributed by atoms with Crippen LogP contribution in [0.1, 0.15) is 32.1 Å². The highest BCUT2D eigenvalue weighted by Gasteiger charge is 2.47. The van der Waals surface area contributed by atoms with E-state index < -0.39 is 0 Å². The topological polar surface area (TPSA) is 84.9 Å². The second-order valence-corrected chi connectivity index (χ2v) is 7.51. The Morgan fingerprint density at radius 3 is 2.30 bits per heavy atom. The number of hydrogen-bond acceptors (Lipinski definition) is 5. The number of nitrogens with zero attached hydrogens (tertiary/aromatic N) is 1. The first-order chi connectivity index (χ1) is 13.0. The molecule has 2 atom stereocenters. The Morgan fingerprint density at radius 1 is 1.07 bits per heavy atom. The Bertz CT molecular complexity index is 773. The maximum absolute atomic E-state index is 12.5. The number of ether oxygens (including phenoxy) is 2. The molecule has 0 aromatic heterocycles. The van der Waals surface area contributed by atoms with E-state index in [1.807, 2.05) is 0 Å². The van der Waals surface area contributed by atoms with E-state index >= 15 is 0 Å². The molecule has 1 aromatic carbocycles. The van der Waals surface area contributed by atoms with Crippen LogP contribution in [0.3, 0.4) is 0 Å². The van der Waals surface area contributed by atoms with E-state index in [1.165, 1.54) is 4.90 Å². The Morgan fingerprint density at radius 2 is 1.67 bits per heavy atom. The number of rotatable bonds is 4. The van der Waals surface area contributed by atoms with Gasteiger partial charge in [-0.2, -0.15) is 0 Å². The summed E-state index contributed by atoms with van der Waals surface area (Å²) in [5, 5.41) is 3.06. The number of nitrogens with one attached hydrogen (secondary N) is 1. The number of imide groups is 1. The first-order valence-electron chi connectivity index (χ1n) is 9.29. The first kappa shape index (κ1) is 18.1. The lowest BCUT2D eigenvalue weighted by Crippen LogP contribution is -2.34. The molecule has 3 amide bonds. The molecule has 0 radical (unpaired) electrons. The Hall–Kier alpha value is -2.28. The molecule has 2 fully saturated rings. The quantitative estimate of drug-likeness (QED) is 0.796. The molecule has 1 saturated heterocycles. The molecule has 1 aromatic rings. The molecule has 27 heavy (non-hydrogen) atoms. The van der Waals surface area contributed by atoms with Crippen LogP contribution in [-0.2, 0) is 14.4 Å². The molecule has 4 rings (SSSR count). The molecule has 1 aliphatic carbocycles. The zero-order chi connectivity index (χ0) is 19.0. The molecule has 2 heterocycles. The summed E-state index contributed by atoms with van der Waals surface area (Å²) in [6.07, 6.45) is 3.53. The molecule has 0 unspecified atom stereocenters. The number of amides is 3. The molecule has 8 heteroatoms. The van der Waals surface area contributed by atoms with E-state index in [0.29, 0.717) is 35.4 Å². The van der Waals surface area contributed by atoms with Gasteiger partial charge in [-0.05, 0) is 12.8 Å². The van der Waals surface area contributed by atoms with Gasteiger partial charge in [-0.25, -0.2) is 0 Å². The van der Waals surface area contributed by atoms with E-state index in [9.17, 15) is 14.4 Å². The predicted octanol–water partition coefficient (Wildman–Crippen LogP) is 2.62. The summed E-state index contributed by atoms with van der Waals surface area (Å²) >= 11 is 6.19. The van der Waals surface area contributed by atoms with Crippen LogP contribution in [0.2, 0.25) is 5.02 Å². The predicted molar refractivity (Wildman–Crippen MR) is 97.9 cm³/mol. The second kappa shape index (κ2) is 7.38. The van der Waals surface area contributed by atoms with Crippen molar-refractivity contribution in [2.45, 2.75) is 32.1 Å². The highest BCUT2D eigenvalue weighted by atomic mass is 35.5. The third kappa shape index (κ3) is 3.48. The maximum atomic E-state index is 12.5. The van der Waals surface area contributed by atoms with Gasteiger partial charge in [0.1, 0.15) is 13.2 Å². The van der Waals surface area contributed by atoms with Crippen molar-refractivity contribution in [2.24, 2.45) is 11.8 Å². The Labute approximate surface area is 161 Å². The van der Waals surface area contributed by atoms with Crippen LogP contribution in [0.25, 0.3) is 0 Å². The van der Waals surface area contributed by atoms with Crippen LogP contribution in [0.5, 0.6) is 11.5 Å². The van der Waals surface area contributed by atoms with E-state index in [1.54, 1.807) is 12.1 Å². The van der Waals surface area contributed by atoms with Crippen LogP contribution in [0.15, 0.2) is 12.1 Å². The van der Waals surface area contributed by atoms with Crippen molar-refractivity contribution in [3.05, 3.63) is 17.2 Å². The van der Waals surface area contributed by atoms with E-state index in [4.69, 9.17) is 21.1 Å². The summed E-state index contributed by atoms with van der Waals surface area (Å²) in [6, 6.07) is 3.22. The zero-order valence-corrected chi connectivity index (χ0v) is 15.6. The van der Waals surface area contributed by atoms with Gasteiger partial charge in [0.2, 0.25) is 17.7 Å². The van der Waals surface area contributed by atoms with Gasteiger partial charge >= 0.3 is 0 Å². The minimum Gasteiger partial charge on any atom is -0.486 e. The van der Waals surface area contributed by atoms with Crippen LogP contribution in [0, 0.1) is 11.8 Å². The Balaban J connectivity index is 1.37. The van der Waals surface area contributed by atoms with Crippen molar-refractivity contribution in [3.63, 3.8) is 0 Å². The van der Waals surface area contributed by atoms with Crippen molar-refractivity contribution in [1.82, 2.24) is 4.90 Å². The minimum atomic E-state index is -0.316. The van der Waals surface area contributed by atoms with Crippen molar-refractivity contribution in [2.75, 3.05) is 25.1 Å². The van der Waals surface area contributed by atoms with Crippen LogP contribution in [0.4, 0.5) is 5.69 Å². The Kier molecular flexibility index (Phi) is 4.95. The van der Waals surface area contributed by atoms with Gasteiger partial charge in [0.15, 0.2) is 11.5 Å². The smallest absolute Gasteiger partial charge is 0.233 e. The molecule has 7 nitrogen and oxygen atoms in total. The zero-order valence-electron chi connectivity index (χ0n) is 14.8. The fraction of sp³-hybridized carbons (Fsp3) is 0.526. The second-order valence-electron chi connectivity index (χ2n) is 7.10. The lowest BCUT2D eigenvalue weighted by atomic mass is 9.81. The standard InChI is InChI=1S/C19H21ClN2O5/c20-13-9-15-16(27-8-7-26-15)10-14(13)21-17(23)5-6-22-18(24)11-3-1-2-4-12(11)19(22)25/h9-12H,1-8H2,(H,21,23)/t11-,12-/m1/s1. The van der Waals surface area contributed by atoms with E-state index in [2.05, 4.69) is 5.32 Å². The summed E-state index contributed by atoms with van der Waals surface area (Å²) in [6.45, 7) is 0.983. The van der Waals surface area contributed by atoms with Crippen molar-refractivity contribution >= 4 is 35.0 Å². The van der Waals surface area contributed by atoms with Gasteiger partial charge in [0.05, 0.1) is 22.5 Å². The number of carbonyl (C=O) groups excluding carboxylic acids is 3. The fourth-order valence-electron chi connectivity index (χ4n) is 4.04. The SMILES string of the molecule is O=C(CCN1C(=O)[C@@H]2CCCC[C@H]2C1=O)Nc1cc2c(cc1Cl)OCCO2. The van der Waals surface area contributed by atoms with Crippen molar-refractivity contribution < 1.29 is 23.9 Å². The largest absolute Gasteiger partial charge is 0.486 e. The molecule has 1 N–H and O–H groups in total. The fourth-order valence-corrected chi connectivity index (χ4v) is 4.24. The molecular weight excluding hydrogens is 372 g/mol. The molecule has 2 aliphatic heterocycles. The van der Waals surface area contributed by atoms with Crippen molar-refractivity contribution in [1.29, 1.82) is 0 Å². The number of halogens is 1. The number of hydrogen-bond donors (Lipinski definition) is 1. The van der Waals surface area contributed by atoms with Crippen LogP contribution >= 0.6 is 11.6 Å². The lowest BCUT2D eigenvalue weighted by molar-refractivity contribution is -0.140. The van der Waals surface area contributed by atoms with Crippen LogP contribution < -0.4 is 14.8 Å². The average molecular weight is 393 g/mol. The number of carbonyl (C=O) groups is 3. The molecule has 3 aliphatic rings. The lowest BCUT2D eigenvalue weighted by Gasteiger charge is -2.20. The maximum Gasteiger partial charge on any atom is 0.233 e. The van der Waals surface area contributed by atoms with Gasteiger partial charge in [-0.1, -0.05) is 24.4 Å². The first-order valence-corrected chi connectivity index (χ1v) is 9.66. The molecule has 0 spiro atoms. The van der Waals surface area contributed by atoms with Gasteiger partial charge in [-0.15, -0.1) is 0 Å². The minimum absolute atomic E-state index is 0.0295. The molecular formula is C19H21ClN2O5. The van der Waals surface area contributed by atoms with Crippen LogP contribution in [-0.4, -0.2) is 42.4 Å². The molecule has 144 valence electrons. The summed E-state index contributed by atoms with van der Waals surface area (Å²) in [5.41, 5.74) is 0.415. The number of fused-ring (bicyclic) bond motifs is 2. The van der Waals surface area contributed by atoms with E-state index in [0.717, 1.165) is 25.7 Å². The van der Waals surface area contributed by atoms with Gasteiger partial charge in [-0.3, -0.25) is 19.3 Å². The van der Waals surface area contributed by atoms with Gasteiger partial charge in [0.25, 0.3) is 0 Å². The highest BCUT2D eigenvalue weighted by Crippen LogP contribution is 2.39. The number of anilines is 1. The summed E-state index contributed by atoms with van der Waals surface area (Å²) in [5.74, 6) is 0.104. The third-order valence-electron chi connectivity index (χ3n) is 5.40. The van der Waals surface area contributed by atoms with Crippen molar-refractivity contribution in [3.8, 4) is 11.5 Å². The molecule has 0 bridgehead atoms. The monoisotopic (exact) mass is 392 g/mol. The average Bonchev–Trinajstić information content (AvgIpc) is 2.91. The number of likely N-dealkylation sites (tertiary alicyclic amines) is 1. The highest BCUT2D eigenvalue weighted by molar-refractivity contribution is 6.34. The third-order valence-corrected chi connectivity index (χ3v) is 5.71. The number of benzene rings is 1. The van der Waals surface area contributed by atoms with Gasteiger partial charge < -0.3 is 14.8 Å².